The number of rotatable bonds is 5. The van der Waals surface area contributed by atoms with Crippen LogP contribution in [-0.2, 0) is 9.53 Å². The maximum Gasteiger partial charge on any atom is 0.338 e. The van der Waals surface area contributed by atoms with E-state index in [4.69, 9.17) is 4.74 Å². The van der Waals surface area contributed by atoms with E-state index in [9.17, 15) is 14.4 Å². The summed E-state index contributed by atoms with van der Waals surface area (Å²) in [6, 6.07) is 12.0. The monoisotopic (exact) mass is 339 g/mol. The van der Waals surface area contributed by atoms with Crippen molar-refractivity contribution < 1.29 is 19.1 Å². The first-order chi connectivity index (χ1) is 11.8. The number of ketones is 1. The lowest BCUT2D eigenvalue weighted by Crippen LogP contribution is -2.30. The van der Waals surface area contributed by atoms with Crippen molar-refractivity contribution in [2.45, 2.75) is 33.8 Å². The molecule has 0 unspecified atom stereocenters. The van der Waals surface area contributed by atoms with E-state index in [0.717, 1.165) is 11.1 Å². The predicted octanol–water partition coefficient (Wildman–Crippen LogP) is 3.69. The third kappa shape index (κ3) is 5.01. The van der Waals surface area contributed by atoms with E-state index < -0.39 is 18.0 Å². The van der Waals surface area contributed by atoms with Crippen LogP contribution in [-0.4, -0.2) is 23.8 Å². The minimum absolute atomic E-state index is 0.0922. The van der Waals surface area contributed by atoms with Gasteiger partial charge in [0.1, 0.15) is 0 Å². The Balaban J connectivity index is 2.03. The molecule has 25 heavy (non-hydrogen) atoms. The molecule has 2 rings (SSSR count). The van der Waals surface area contributed by atoms with Crippen LogP contribution >= 0.6 is 0 Å². The van der Waals surface area contributed by atoms with Crippen molar-refractivity contribution in [3.05, 3.63) is 64.7 Å². The summed E-state index contributed by atoms with van der Waals surface area (Å²) >= 11 is 0. The van der Waals surface area contributed by atoms with Crippen LogP contribution in [0, 0.1) is 13.8 Å². The normalized spacial score (nSPS) is 11.5. The number of benzene rings is 2. The van der Waals surface area contributed by atoms with Crippen LogP contribution in [0.5, 0.6) is 0 Å². The van der Waals surface area contributed by atoms with Crippen molar-refractivity contribution in [3.8, 4) is 0 Å². The highest BCUT2D eigenvalue weighted by Crippen LogP contribution is 2.14. The minimum atomic E-state index is -0.964. The molecule has 0 aromatic heterocycles. The second kappa shape index (κ2) is 7.75. The zero-order chi connectivity index (χ0) is 18.6. The quantitative estimate of drug-likeness (QED) is 0.666. The van der Waals surface area contributed by atoms with Crippen molar-refractivity contribution in [3.63, 3.8) is 0 Å². The topological polar surface area (TPSA) is 72.5 Å². The molecule has 0 spiro atoms. The first-order valence-electron chi connectivity index (χ1n) is 7.97. The summed E-state index contributed by atoms with van der Waals surface area (Å²) in [5.41, 5.74) is 3.29. The molecule has 1 N–H and O–H groups in total. The van der Waals surface area contributed by atoms with Gasteiger partial charge in [-0.3, -0.25) is 9.59 Å². The lowest BCUT2D eigenvalue weighted by atomic mass is 10.1. The molecular formula is C20H21NO4. The fraction of sp³-hybridized carbons (Fsp3) is 0.250. The number of anilines is 1. The zero-order valence-electron chi connectivity index (χ0n) is 14.8. The summed E-state index contributed by atoms with van der Waals surface area (Å²) in [4.78, 5) is 35.8. The lowest BCUT2D eigenvalue weighted by Gasteiger charge is -2.14. The predicted molar refractivity (Wildman–Crippen MR) is 95.9 cm³/mol. The van der Waals surface area contributed by atoms with Gasteiger partial charge in [0.2, 0.25) is 0 Å². The molecular weight excluding hydrogens is 318 g/mol. The van der Waals surface area contributed by atoms with Crippen LogP contribution in [0.3, 0.4) is 0 Å². The van der Waals surface area contributed by atoms with Crippen LogP contribution in [0.25, 0.3) is 0 Å². The molecule has 0 aliphatic heterocycles. The highest BCUT2D eigenvalue weighted by Gasteiger charge is 2.19. The summed E-state index contributed by atoms with van der Waals surface area (Å²) in [6.07, 6.45) is -0.964. The molecule has 130 valence electrons. The van der Waals surface area contributed by atoms with Crippen LogP contribution < -0.4 is 5.32 Å². The number of Topliss-reactive ketones (excluding diaryl/α,β-unsaturated/α-hetero) is 1. The van der Waals surface area contributed by atoms with Gasteiger partial charge in [-0.2, -0.15) is 0 Å². The summed E-state index contributed by atoms with van der Waals surface area (Å²) in [5, 5.41) is 2.65. The molecule has 0 saturated heterocycles. The molecule has 0 aliphatic rings. The van der Waals surface area contributed by atoms with Crippen molar-refractivity contribution in [1.29, 1.82) is 0 Å². The Morgan fingerprint density at radius 3 is 2.20 bits per heavy atom. The van der Waals surface area contributed by atoms with E-state index in [1.54, 1.807) is 36.4 Å². The number of carbonyl (C=O) groups is 3. The summed E-state index contributed by atoms with van der Waals surface area (Å²) in [5.74, 6) is -1.10. The number of ether oxygens (including phenoxy) is 1. The summed E-state index contributed by atoms with van der Waals surface area (Å²) < 4.78 is 5.24. The van der Waals surface area contributed by atoms with Crippen molar-refractivity contribution >= 4 is 23.3 Å². The first-order valence-corrected chi connectivity index (χ1v) is 7.97. The molecule has 0 aliphatic carbocycles. The summed E-state index contributed by atoms with van der Waals surface area (Å²) in [6.45, 7) is 6.74. The van der Waals surface area contributed by atoms with Gasteiger partial charge in [0, 0.05) is 11.3 Å². The maximum absolute atomic E-state index is 12.2. The van der Waals surface area contributed by atoms with Gasteiger partial charge in [0.15, 0.2) is 11.9 Å². The van der Waals surface area contributed by atoms with Gasteiger partial charge in [-0.25, -0.2) is 4.79 Å². The van der Waals surface area contributed by atoms with Gasteiger partial charge in [0.05, 0.1) is 5.56 Å². The number of esters is 1. The van der Waals surface area contributed by atoms with Crippen LogP contribution in [0.1, 0.15) is 45.7 Å². The van der Waals surface area contributed by atoms with Gasteiger partial charge >= 0.3 is 5.97 Å². The standard InChI is InChI=1S/C20H21NO4/c1-12-8-13(2)10-17(9-12)20(24)25-15(4)19(23)21-18-7-5-6-16(11-18)14(3)22/h5-11,15H,1-4H3,(H,21,23)/t15-/m1/s1. The van der Waals surface area contributed by atoms with Gasteiger partial charge in [0.25, 0.3) is 5.91 Å². The fourth-order valence-electron chi connectivity index (χ4n) is 2.43. The molecule has 0 bridgehead atoms. The molecule has 0 heterocycles. The molecule has 0 saturated carbocycles. The second-order valence-corrected chi connectivity index (χ2v) is 6.05. The largest absolute Gasteiger partial charge is 0.449 e. The highest BCUT2D eigenvalue weighted by molar-refractivity contribution is 5.99. The van der Waals surface area contributed by atoms with E-state index in [1.807, 2.05) is 19.9 Å². The van der Waals surface area contributed by atoms with Gasteiger partial charge in [-0.05, 0) is 52.0 Å². The maximum atomic E-state index is 12.2. The van der Waals surface area contributed by atoms with E-state index in [-0.39, 0.29) is 5.78 Å². The zero-order valence-corrected chi connectivity index (χ0v) is 14.8. The van der Waals surface area contributed by atoms with Gasteiger partial charge in [-0.1, -0.05) is 29.3 Å². The second-order valence-electron chi connectivity index (χ2n) is 6.05. The average Bonchev–Trinajstić information content (AvgIpc) is 2.54. The van der Waals surface area contributed by atoms with Gasteiger partial charge < -0.3 is 10.1 Å². The Labute approximate surface area is 147 Å². The molecule has 2 aromatic carbocycles. The molecule has 1 amide bonds. The van der Waals surface area contributed by atoms with E-state index >= 15 is 0 Å². The average molecular weight is 339 g/mol. The van der Waals surface area contributed by atoms with Crippen molar-refractivity contribution in [2.75, 3.05) is 5.32 Å². The Hall–Kier alpha value is -2.95. The Kier molecular flexibility index (Phi) is 5.70. The third-order valence-electron chi connectivity index (χ3n) is 3.65. The SMILES string of the molecule is CC(=O)c1cccc(NC(=O)[C@@H](C)OC(=O)c2cc(C)cc(C)c2)c1. The number of aryl methyl sites for hydroxylation is 2. The lowest BCUT2D eigenvalue weighted by molar-refractivity contribution is -0.123. The molecule has 5 heteroatoms. The Morgan fingerprint density at radius 1 is 0.960 bits per heavy atom. The Bertz CT molecular complexity index is 806. The Morgan fingerprint density at radius 2 is 1.60 bits per heavy atom. The summed E-state index contributed by atoms with van der Waals surface area (Å²) in [7, 11) is 0. The molecule has 5 nitrogen and oxygen atoms in total. The molecule has 2 aromatic rings. The van der Waals surface area contributed by atoms with E-state index in [1.165, 1.54) is 13.8 Å². The minimum Gasteiger partial charge on any atom is -0.449 e. The fourth-order valence-corrected chi connectivity index (χ4v) is 2.43. The smallest absolute Gasteiger partial charge is 0.338 e. The van der Waals surface area contributed by atoms with Crippen LogP contribution in [0.2, 0.25) is 0 Å². The third-order valence-corrected chi connectivity index (χ3v) is 3.65. The first kappa shape index (κ1) is 18.4. The number of hydrogen-bond acceptors (Lipinski definition) is 4. The number of nitrogens with one attached hydrogen (secondary N) is 1. The van der Waals surface area contributed by atoms with Crippen LogP contribution in [0.4, 0.5) is 5.69 Å². The number of amides is 1. The van der Waals surface area contributed by atoms with E-state index in [2.05, 4.69) is 5.32 Å². The number of carbonyl (C=O) groups excluding carboxylic acids is 3. The number of hydrogen-bond donors (Lipinski definition) is 1. The molecule has 1 atom stereocenters. The molecule has 0 radical (unpaired) electrons. The van der Waals surface area contributed by atoms with Crippen molar-refractivity contribution in [1.82, 2.24) is 0 Å². The molecule has 0 fully saturated rings. The van der Waals surface area contributed by atoms with Crippen LogP contribution in [0.15, 0.2) is 42.5 Å². The van der Waals surface area contributed by atoms with Crippen molar-refractivity contribution in [2.24, 2.45) is 0 Å². The highest BCUT2D eigenvalue weighted by atomic mass is 16.5. The van der Waals surface area contributed by atoms with Gasteiger partial charge in [-0.15, -0.1) is 0 Å². The van der Waals surface area contributed by atoms with E-state index in [0.29, 0.717) is 16.8 Å².